The van der Waals surface area contributed by atoms with E-state index < -0.39 is 18.2 Å². The maximum Gasteiger partial charge on any atom is 0.573 e. The molecule has 1 saturated heterocycles. The zero-order chi connectivity index (χ0) is 24.8. The monoisotopic (exact) mass is 507 g/mol. The maximum absolute atomic E-state index is 13.0. The molecule has 0 aliphatic carbocycles. The summed E-state index contributed by atoms with van der Waals surface area (Å²) >= 11 is 1.37. The number of benzene rings is 1. The molecule has 0 bridgehead atoms. The number of rotatable bonds is 10. The normalized spacial score (nSPS) is 16.9. The van der Waals surface area contributed by atoms with Crippen LogP contribution in [0.4, 0.5) is 19.0 Å². The lowest BCUT2D eigenvalue weighted by molar-refractivity contribution is -0.274. The number of anilines is 1. The molecular formula is C23H24F3N5O3S. The van der Waals surface area contributed by atoms with Gasteiger partial charge in [0.2, 0.25) is 0 Å². The lowest BCUT2D eigenvalue weighted by Crippen LogP contribution is -2.21. The molecule has 35 heavy (non-hydrogen) atoms. The standard InChI is InChI=1S/C23H24F3N5O3S/c1-2-33-22(16-5-3-6-17(12-16)34-23(24,25)26)18(32)13-21-30-29-20(35-21)11-15-8-10-31(14-15)19-7-4-9-27-28-19/h3-7,9,12,15,22H,2,8,10-11,13-14H2,1H3/t15-,22-/m0/s1. The topological polar surface area (TPSA) is 90.3 Å². The summed E-state index contributed by atoms with van der Waals surface area (Å²) in [6.07, 6.45) is -2.49. The summed E-state index contributed by atoms with van der Waals surface area (Å²) in [7, 11) is 0. The SMILES string of the molecule is CCO[C@H](C(=O)Cc1nnc(C[C@@H]2CCN(c3cccnn3)C2)s1)c1cccc(OC(F)(F)F)c1. The predicted octanol–water partition coefficient (Wildman–Crippen LogP) is 4.19. The highest BCUT2D eigenvalue weighted by Gasteiger charge is 2.32. The van der Waals surface area contributed by atoms with Crippen LogP contribution >= 0.6 is 11.3 Å². The van der Waals surface area contributed by atoms with Gasteiger partial charge in [0.15, 0.2) is 11.6 Å². The molecule has 1 fully saturated rings. The van der Waals surface area contributed by atoms with E-state index >= 15 is 0 Å². The molecular weight excluding hydrogens is 483 g/mol. The van der Waals surface area contributed by atoms with Crippen LogP contribution in [0.5, 0.6) is 5.75 Å². The van der Waals surface area contributed by atoms with E-state index in [0.29, 0.717) is 16.5 Å². The summed E-state index contributed by atoms with van der Waals surface area (Å²) in [6, 6.07) is 9.07. The molecule has 1 aliphatic heterocycles. The number of ether oxygens (including phenoxy) is 2. The Morgan fingerprint density at radius 2 is 2.03 bits per heavy atom. The number of halogens is 3. The number of hydrogen-bond donors (Lipinski definition) is 0. The number of alkyl halides is 3. The van der Waals surface area contributed by atoms with Crippen LogP contribution < -0.4 is 9.64 Å². The molecule has 1 aromatic carbocycles. The minimum Gasteiger partial charge on any atom is -0.406 e. The van der Waals surface area contributed by atoms with Gasteiger partial charge in [-0.3, -0.25) is 4.79 Å². The summed E-state index contributed by atoms with van der Waals surface area (Å²) < 4.78 is 47.3. The third-order valence-corrected chi connectivity index (χ3v) is 6.43. The zero-order valence-corrected chi connectivity index (χ0v) is 19.8. The molecule has 4 rings (SSSR count). The second kappa shape index (κ2) is 11.1. The Kier molecular flexibility index (Phi) is 7.91. The van der Waals surface area contributed by atoms with Crippen LogP contribution in [0.25, 0.3) is 0 Å². The van der Waals surface area contributed by atoms with Gasteiger partial charge in [-0.2, -0.15) is 5.10 Å². The van der Waals surface area contributed by atoms with Crippen molar-refractivity contribution in [2.24, 2.45) is 5.92 Å². The lowest BCUT2D eigenvalue weighted by Gasteiger charge is -2.17. The zero-order valence-electron chi connectivity index (χ0n) is 18.9. The van der Waals surface area contributed by atoms with Gasteiger partial charge >= 0.3 is 6.36 Å². The molecule has 2 atom stereocenters. The first-order chi connectivity index (χ1) is 16.8. The van der Waals surface area contributed by atoms with Gasteiger partial charge in [-0.1, -0.05) is 12.1 Å². The smallest absolute Gasteiger partial charge is 0.406 e. The molecule has 8 nitrogen and oxygen atoms in total. The van der Waals surface area contributed by atoms with Gasteiger partial charge in [-0.25, -0.2) is 0 Å². The van der Waals surface area contributed by atoms with Crippen LogP contribution in [-0.4, -0.2) is 52.2 Å². The van der Waals surface area contributed by atoms with Crippen molar-refractivity contribution in [3.8, 4) is 5.75 Å². The third kappa shape index (κ3) is 6.95. The summed E-state index contributed by atoms with van der Waals surface area (Å²) in [6.45, 7) is 3.66. The van der Waals surface area contributed by atoms with Crippen LogP contribution in [0.1, 0.15) is 35.0 Å². The quantitative estimate of drug-likeness (QED) is 0.404. The molecule has 0 radical (unpaired) electrons. The number of Topliss-reactive ketones (excluding diaryl/α,β-unsaturated/α-hetero) is 1. The number of aromatic nitrogens is 4. The highest BCUT2D eigenvalue weighted by molar-refractivity contribution is 7.11. The van der Waals surface area contributed by atoms with Crippen molar-refractivity contribution < 1.29 is 27.4 Å². The number of nitrogens with zero attached hydrogens (tertiary/aromatic N) is 5. The summed E-state index contributed by atoms with van der Waals surface area (Å²) in [4.78, 5) is 15.2. The number of carbonyl (C=O) groups excluding carboxylic acids is 1. The molecule has 1 aliphatic rings. The van der Waals surface area contributed by atoms with Gasteiger partial charge in [0.05, 0.1) is 6.42 Å². The second-order valence-corrected chi connectivity index (χ2v) is 9.22. The molecule has 186 valence electrons. The average molecular weight is 508 g/mol. The van der Waals surface area contributed by atoms with Gasteiger partial charge in [0.25, 0.3) is 0 Å². The van der Waals surface area contributed by atoms with Gasteiger partial charge in [0, 0.05) is 32.3 Å². The van der Waals surface area contributed by atoms with E-state index in [-0.39, 0.29) is 18.8 Å². The Labute approximate surface area is 204 Å². The van der Waals surface area contributed by atoms with Gasteiger partial charge in [-0.05, 0) is 49.1 Å². The van der Waals surface area contributed by atoms with E-state index in [1.807, 2.05) is 12.1 Å². The van der Waals surface area contributed by atoms with Crippen molar-refractivity contribution >= 4 is 22.9 Å². The highest BCUT2D eigenvalue weighted by Crippen LogP contribution is 2.29. The summed E-state index contributed by atoms with van der Waals surface area (Å²) in [5.41, 5.74) is 0.290. The molecule has 0 spiro atoms. The van der Waals surface area contributed by atoms with E-state index in [9.17, 15) is 18.0 Å². The fourth-order valence-electron chi connectivity index (χ4n) is 4.02. The highest BCUT2D eigenvalue weighted by atomic mass is 32.1. The molecule has 0 unspecified atom stereocenters. The van der Waals surface area contributed by atoms with Crippen LogP contribution in [-0.2, 0) is 22.4 Å². The first kappa shape index (κ1) is 25.0. The van der Waals surface area contributed by atoms with Crippen LogP contribution in [0, 0.1) is 5.92 Å². The molecule has 0 N–H and O–H groups in total. The fourth-order valence-corrected chi connectivity index (χ4v) is 4.99. The van der Waals surface area contributed by atoms with Crippen molar-refractivity contribution in [2.75, 3.05) is 24.6 Å². The Balaban J connectivity index is 1.37. The van der Waals surface area contributed by atoms with Gasteiger partial charge in [-0.15, -0.1) is 39.8 Å². The number of carbonyl (C=O) groups is 1. The first-order valence-corrected chi connectivity index (χ1v) is 12.0. The number of ketones is 1. The van der Waals surface area contributed by atoms with Crippen LogP contribution in [0.2, 0.25) is 0 Å². The number of hydrogen-bond acceptors (Lipinski definition) is 9. The maximum atomic E-state index is 13.0. The molecule has 3 aromatic rings. The average Bonchev–Trinajstić information content (AvgIpc) is 3.47. The van der Waals surface area contributed by atoms with Crippen LogP contribution in [0.15, 0.2) is 42.6 Å². The predicted molar refractivity (Wildman–Crippen MR) is 122 cm³/mol. The minimum absolute atomic E-state index is 0.0247. The van der Waals surface area contributed by atoms with Gasteiger partial charge in [0.1, 0.15) is 21.9 Å². The molecule has 0 amide bonds. The Bertz CT molecular complexity index is 1130. The first-order valence-electron chi connectivity index (χ1n) is 11.1. The molecule has 0 saturated carbocycles. The van der Waals surface area contributed by atoms with Crippen LogP contribution in [0.3, 0.4) is 0 Å². The minimum atomic E-state index is -4.82. The fraction of sp³-hybridized carbons (Fsp3) is 0.435. The molecule has 2 aromatic heterocycles. The van der Waals surface area contributed by atoms with Crippen molar-refractivity contribution in [3.63, 3.8) is 0 Å². The van der Waals surface area contributed by atoms with E-state index in [1.165, 1.54) is 35.6 Å². The van der Waals surface area contributed by atoms with Crippen molar-refractivity contribution in [2.45, 2.75) is 38.7 Å². The lowest BCUT2D eigenvalue weighted by atomic mass is 10.0. The van der Waals surface area contributed by atoms with E-state index in [1.54, 1.807) is 13.1 Å². The van der Waals surface area contributed by atoms with E-state index in [0.717, 1.165) is 36.8 Å². The second-order valence-electron chi connectivity index (χ2n) is 8.08. The van der Waals surface area contributed by atoms with Crippen molar-refractivity contribution in [1.82, 2.24) is 20.4 Å². The third-order valence-electron chi connectivity index (χ3n) is 5.49. The van der Waals surface area contributed by atoms with Crippen molar-refractivity contribution in [3.05, 3.63) is 58.2 Å². The van der Waals surface area contributed by atoms with Crippen molar-refractivity contribution in [1.29, 1.82) is 0 Å². The molecule has 3 heterocycles. The van der Waals surface area contributed by atoms with Gasteiger partial charge < -0.3 is 14.4 Å². The van der Waals surface area contributed by atoms with E-state index in [2.05, 4.69) is 30.0 Å². The summed E-state index contributed by atoms with van der Waals surface area (Å²) in [5.74, 6) is 0.525. The Hall–Kier alpha value is -3.12. The molecule has 12 heteroatoms. The summed E-state index contributed by atoms with van der Waals surface area (Å²) in [5, 5.41) is 17.9. The van der Waals surface area contributed by atoms with E-state index in [4.69, 9.17) is 4.74 Å². The Morgan fingerprint density at radius 1 is 1.20 bits per heavy atom. The largest absolute Gasteiger partial charge is 0.573 e. The Morgan fingerprint density at radius 3 is 2.77 bits per heavy atom.